The predicted molar refractivity (Wildman–Crippen MR) is 110 cm³/mol. The maximum absolute atomic E-state index is 13.0. The van der Waals surface area contributed by atoms with Crippen LogP contribution in [-0.4, -0.2) is 39.0 Å². The molecular formula is C22H20N4O3. The third kappa shape index (κ3) is 2.95. The van der Waals surface area contributed by atoms with E-state index in [9.17, 15) is 9.59 Å². The van der Waals surface area contributed by atoms with E-state index in [4.69, 9.17) is 4.74 Å². The Morgan fingerprint density at radius 3 is 2.93 bits per heavy atom. The number of para-hydroxylation sites is 1. The molecule has 0 spiro atoms. The first-order valence-corrected chi connectivity index (χ1v) is 9.53. The van der Waals surface area contributed by atoms with Crippen LogP contribution in [0.15, 0.2) is 53.6 Å². The van der Waals surface area contributed by atoms with Crippen molar-refractivity contribution in [3.8, 4) is 5.75 Å². The van der Waals surface area contributed by atoms with Gasteiger partial charge in [0.05, 0.1) is 24.3 Å². The molecule has 3 heterocycles. The predicted octanol–water partition coefficient (Wildman–Crippen LogP) is 2.47. The zero-order valence-electron chi connectivity index (χ0n) is 16.0. The number of amides is 1. The van der Waals surface area contributed by atoms with E-state index in [1.54, 1.807) is 30.2 Å². The molecule has 0 bridgehead atoms. The van der Waals surface area contributed by atoms with Crippen LogP contribution in [0.4, 0.5) is 0 Å². The third-order valence-corrected chi connectivity index (χ3v) is 5.57. The smallest absolute Gasteiger partial charge is 0.261 e. The van der Waals surface area contributed by atoms with Crippen LogP contribution in [-0.2, 0) is 24.3 Å². The lowest BCUT2D eigenvalue weighted by atomic mass is 10.0. The molecule has 7 heteroatoms. The summed E-state index contributed by atoms with van der Waals surface area (Å²) in [4.78, 5) is 35.2. The number of ether oxygens (including phenoxy) is 1. The first kappa shape index (κ1) is 17.5. The molecule has 1 aliphatic rings. The lowest BCUT2D eigenvalue weighted by molar-refractivity contribution is -0.132. The van der Waals surface area contributed by atoms with E-state index >= 15 is 0 Å². The highest BCUT2D eigenvalue weighted by Gasteiger charge is 2.24. The van der Waals surface area contributed by atoms with Gasteiger partial charge in [0, 0.05) is 41.7 Å². The fourth-order valence-electron chi connectivity index (χ4n) is 4.00. The van der Waals surface area contributed by atoms with E-state index in [0.29, 0.717) is 24.0 Å². The molecule has 0 aliphatic carbocycles. The van der Waals surface area contributed by atoms with Gasteiger partial charge in [-0.05, 0) is 30.3 Å². The van der Waals surface area contributed by atoms with Gasteiger partial charge in [0.2, 0.25) is 5.91 Å². The van der Waals surface area contributed by atoms with Crippen molar-refractivity contribution in [2.75, 3.05) is 13.7 Å². The number of carbonyl (C=O) groups excluding carboxylic acids is 1. The van der Waals surface area contributed by atoms with Crippen molar-refractivity contribution in [2.45, 2.75) is 19.5 Å². The first-order valence-electron chi connectivity index (χ1n) is 9.53. The highest BCUT2D eigenvalue weighted by atomic mass is 16.5. The highest BCUT2D eigenvalue weighted by Crippen LogP contribution is 2.30. The Labute approximate surface area is 166 Å². The van der Waals surface area contributed by atoms with Crippen molar-refractivity contribution in [1.29, 1.82) is 0 Å². The van der Waals surface area contributed by atoms with Crippen LogP contribution < -0.4 is 10.3 Å². The summed E-state index contributed by atoms with van der Waals surface area (Å²) >= 11 is 0. The van der Waals surface area contributed by atoms with Crippen molar-refractivity contribution in [2.24, 2.45) is 0 Å². The number of H-pyrrole nitrogens is 1. The van der Waals surface area contributed by atoms with Crippen LogP contribution in [0.2, 0.25) is 0 Å². The minimum atomic E-state index is -0.196. The Hall–Kier alpha value is -3.61. The molecule has 29 heavy (non-hydrogen) atoms. The second-order valence-corrected chi connectivity index (χ2v) is 7.25. The van der Waals surface area contributed by atoms with E-state index in [1.165, 1.54) is 10.9 Å². The molecule has 2 aromatic heterocycles. The molecular weight excluding hydrogens is 368 g/mol. The van der Waals surface area contributed by atoms with Gasteiger partial charge < -0.3 is 14.6 Å². The van der Waals surface area contributed by atoms with Crippen LogP contribution in [0.25, 0.3) is 21.8 Å². The van der Waals surface area contributed by atoms with Gasteiger partial charge >= 0.3 is 0 Å². The molecule has 1 amide bonds. The van der Waals surface area contributed by atoms with Gasteiger partial charge in [0.25, 0.3) is 5.56 Å². The average Bonchev–Trinajstić information content (AvgIpc) is 3.12. The fourth-order valence-corrected chi connectivity index (χ4v) is 4.00. The van der Waals surface area contributed by atoms with Crippen molar-refractivity contribution in [3.05, 3.63) is 70.4 Å². The molecule has 5 rings (SSSR count). The molecule has 1 aliphatic heterocycles. The highest BCUT2D eigenvalue weighted by molar-refractivity contribution is 5.87. The summed E-state index contributed by atoms with van der Waals surface area (Å²) in [5, 5.41) is 1.59. The van der Waals surface area contributed by atoms with Gasteiger partial charge in [0.1, 0.15) is 12.3 Å². The summed E-state index contributed by atoms with van der Waals surface area (Å²) < 4.78 is 6.73. The number of aromatic amines is 1. The summed E-state index contributed by atoms with van der Waals surface area (Å²) in [7, 11) is 1.64. The Morgan fingerprint density at radius 2 is 2.07 bits per heavy atom. The Balaban J connectivity index is 1.42. The Kier molecular flexibility index (Phi) is 4.08. The molecule has 146 valence electrons. The number of aromatic nitrogens is 3. The van der Waals surface area contributed by atoms with Crippen LogP contribution in [0, 0.1) is 0 Å². The molecule has 1 N–H and O–H groups in total. The summed E-state index contributed by atoms with van der Waals surface area (Å²) in [6, 6.07) is 13.1. The summed E-state index contributed by atoms with van der Waals surface area (Å²) in [6.07, 6.45) is 2.21. The molecule has 0 atom stereocenters. The topological polar surface area (TPSA) is 80.2 Å². The van der Waals surface area contributed by atoms with Gasteiger partial charge in [-0.15, -0.1) is 0 Å². The van der Waals surface area contributed by atoms with Crippen molar-refractivity contribution in [1.82, 2.24) is 19.4 Å². The number of methoxy groups -OCH3 is 1. The number of rotatable bonds is 3. The SMILES string of the molecule is COc1ccc2[nH]c3c(c2c1)CN(C(=O)Cn1cnc2ccccc2c1=O)CC3. The largest absolute Gasteiger partial charge is 0.497 e. The number of fused-ring (bicyclic) bond motifs is 4. The summed E-state index contributed by atoms with van der Waals surface area (Å²) in [5.41, 5.74) is 3.75. The van der Waals surface area contributed by atoms with Crippen molar-refractivity contribution < 1.29 is 9.53 Å². The Morgan fingerprint density at radius 1 is 1.21 bits per heavy atom. The third-order valence-electron chi connectivity index (χ3n) is 5.57. The number of nitrogens with zero attached hydrogens (tertiary/aromatic N) is 3. The lowest BCUT2D eigenvalue weighted by Gasteiger charge is -2.27. The minimum Gasteiger partial charge on any atom is -0.497 e. The second kappa shape index (κ2) is 6.77. The number of hydrogen-bond acceptors (Lipinski definition) is 4. The van der Waals surface area contributed by atoms with Gasteiger partial charge in [-0.3, -0.25) is 14.2 Å². The molecule has 0 unspecified atom stereocenters. The van der Waals surface area contributed by atoms with Crippen LogP contribution in [0.3, 0.4) is 0 Å². The van der Waals surface area contributed by atoms with E-state index in [0.717, 1.165) is 34.3 Å². The van der Waals surface area contributed by atoms with Gasteiger partial charge in [0.15, 0.2) is 0 Å². The lowest BCUT2D eigenvalue weighted by Crippen LogP contribution is -2.39. The second-order valence-electron chi connectivity index (χ2n) is 7.25. The monoisotopic (exact) mass is 388 g/mol. The normalized spacial score (nSPS) is 13.6. The van der Waals surface area contributed by atoms with Crippen LogP contribution in [0.5, 0.6) is 5.75 Å². The maximum atomic E-state index is 13.0. The fraction of sp³-hybridized carbons (Fsp3) is 0.227. The number of hydrogen-bond donors (Lipinski definition) is 1. The van der Waals surface area contributed by atoms with Crippen molar-refractivity contribution >= 4 is 27.7 Å². The van der Waals surface area contributed by atoms with Gasteiger partial charge in [-0.2, -0.15) is 0 Å². The zero-order chi connectivity index (χ0) is 20.0. The molecule has 0 radical (unpaired) electrons. The quantitative estimate of drug-likeness (QED) is 0.585. The average molecular weight is 388 g/mol. The van der Waals surface area contributed by atoms with E-state index in [-0.39, 0.29) is 18.0 Å². The van der Waals surface area contributed by atoms with E-state index < -0.39 is 0 Å². The zero-order valence-corrected chi connectivity index (χ0v) is 16.0. The van der Waals surface area contributed by atoms with E-state index in [1.807, 2.05) is 24.3 Å². The number of nitrogens with one attached hydrogen (secondary N) is 1. The molecule has 4 aromatic rings. The molecule has 0 saturated heterocycles. The molecule has 0 fully saturated rings. The van der Waals surface area contributed by atoms with Crippen LogP contribution >= 0.6 is 0 Å². The van der Waals surface area contributed by atoms with Gasteiger partial charge in [-0.25, -0.2) is 4.98 Å². The first-order chi connectivity index (χ1) is 14.1. The minimum absolute atomic E-state index is 0.0162. The maximum Gasteiger partial charge on any atom is 0.261 e. The molecule has 7 nitrogen and oxygen atoms in total. The number of carbonyl (C=O) groups is 1. The van der Waals surface area contributed by atoms with Crippen molar-refractivity contribution in [3.63, 3.8) is 0 Å². The Bertz CT molecular complexity index is 1300. The number of benzene rings is 2. The summed E-state index contributed by atoms with van der Waals surface area (Å²) in [6.45, 7) is 1.11. The molecule has 2 aromatic carbocycles. The van der Waals surface area contributed by atoms with E-state index in [2.05, 4.69) is 9.97 Å². The standard InChI is InChI=1S/C22H20N4O3/c1-29-14-6-7-19-16(10-14)17-11-25(9-8-20(17)24-19)21(27)12-26-13-23-18-5-3-2-4-15(18)22(26)28/h2-7,10,13,24H,8-9,11-12H2,1H3. The van der Waals surface area contributed by atoms with Crippen LogP contribution in [0.1, 0.15) is 11.3 Å². The summed E-state index contributed by atoms with van der Waals surface area (Å²) in [5.74, 6) is 0.698. The van der Waals surface area contributed by atoms with Gasteiger partial charge in [-0.1, -0.05) is 12.1 Å². The molecule has 0 saturated carbocycles.